The largest absolute Gasteiger partial charge is 0.478 e. The summed E-state index contributed by atoms with van der Waals surface area (Å²) in [6, 6.07) is 12.8. The molecule has 1 fully saturated rings. The molecule has 4 rings (SSSR count). The fourth-order valence-electron chi connectivity index (χ4n) is 3.78. The minimum atomic E-state index is -1.15. The maximum Gasteiger partial charge on any atom is 0.335 e. The number of aromatic carboxylic acids is 1. The van der Waals surface area contributed by atoms with Crippen molar-refractivity contribution in [3.05, 3.63) is 86.7 Å². The number of carboxylic acids is 1. The first-order valence-corrected chi connectivity index (χ1v) is 11.1. The van der Waals surface area contributed by atoms with Gasteiger partial charge in [0.2, 0.25) is 0 Å². The first kappa shape index (κ1) is 23.7. The van der Waals surface area contributed by atoms with Crippen LogP contribution in [0, 0.1) is 13.8 Å². The summed E-state index contributed by atoms with van der Waals surface area (Å²) in [6.45, 7) is 3.74. The molecule has 0 bridgehead atoms. The molecule has 0 spiro atoms. The van der Waals surface area contributed by atoms with Gasteiger partial charge in [0.05, 0.1) is 21.3 Å². The first-order valence-electron chi connectivity index (χ1n) is 9.97. The number of carbonyl (C=O) groups excluding carboxylic acids is 2. The van der Waals surface area contributed by atoms with Gasteiger partial charge in [-0.05, 0) is 80.2 Å². The normalized spacial score (nSPS) is 15.1. The molecule has 0 unspecified atom stereocenters. The lowest BCUT2D eigenvalue weighted by atomic mass is 10.1. The van der Waals surface area contributed by atoms with Crippen LogP contribution in [0.15, 0.2) is 54.1 Å². The van der Waals surface area contributed by atoms with Crippen LogP contribution >= 0.6 is 35.4 Å². The van der Waals surface area contributed by atoms with Crippen LogP contribution in [0.5, 0.6) is 0 Å². The zero-order chi connectivity index (χ0) is 24.7. The van der Waals surface area contributed by atoms with E-state index in [9.17, 15) is 19.5 Å². The molecule has 2 heterocycles. The molecular formula is C24H17Cl2N3O4S. The zero-order valence-electron chi connectivity index (χ0n) is 17.9. The maximum atomic E-state index is 13.3. The summed E-state index contributed by atoms with van der Waals surface area (Å²) in [4.78, 5) is 38.4. The topological polar surface area (TPSA) is 91.6 Å². The van der Waals surface area contributed by atoms with E-state index >= 15 is 0 Å². The lowest BCUT2D eigenvalue weighted by molar-refractivity contribution is -0.122. The number of hydrogen-bond donors (Lipinski definition) is 2. The highest BCUT2D eigenvalue weighted by atomic mass is 35.5. The summed E-state index contributed by atoms with van der Waals surface area (Å²) in [5.74, 6) is -2.44. The van der Waals surface area contributed by atoms with E-state index in [-0.39, 0.29) is 21.9 Å². The molecule has 1 aromatic heterocycles. The van der Waals surface area contributed by atoms with Crippen LogP contribution in [-0.4, -0.2) is 32.6 Å². The van der Waals surface area contributed by atoms with Crippen molar-refractivity contribution in [1.29, 1.82) is 0 Å². The maximum absolute atomic E-state index is 13.3. The van der Waals surface area contributed by atoms with Crippen molar-refractivity contribution >= 4 is 70.1 Å². The third-order valence-corrected chi connectivity index (χ3v) is 6.41. The van der Waals surface area contributed by atoms with E-state index in [0.717, 1.165) is 22.0 Å². The summed E-state index contributed by atoms with van der Waals surface area (Å²) in [7, 11) is 0. The number of hydrogen-bond acceptors (Lipinski definition) is 4. The van der Waals surface area contributed by atoms with Gasteiger partial charge in [-0.15, -0.1) is 0 Å². The van der Waals surface area contributed by atoms with Crippen molar-refractivity contribution in [3.63, 3.8) is 0 Å². The van der Waals surface area contributed by atoms with Crippen LogP contribution in [0.4, 0.5) is 5.69 Å². The molecule has 3 aromatic rings. The van der Waals surface area contributed by atoms with E-state index in [2.05, 4.69) is 5.32 Å². The second-order valence-electron chi connectivity index (χ2n) is 7.57. The minimum absolute atomic E-state index is 0.0132. The number of rotatable bonds is 4. The minimum Gasteiger partial charge on any atom is -0.478 e. The van der Waals surface area contributed by atoms with Gasteiger partial charge in [-0.2, -0.15) is 0 Å². The molecule has 0 atom stereocenters. The smallest absolute Gasteiger partial charge is 0.335 e. The summed E-state index contributed by atoms with van der Waals surface area (Å²) in [5, 5.41) is 12.5. The Balaban J connectivity index is 1.77. The molecule has 10 heteroatoms. The van der Waals surface area contributed by atoms with E-state index in [1.54, 1.807) is 18.2 Å². The lowest BCUT2D eigenvalue weighted by Crippen LogP contribution is -2.54. The Kier molecular flexibility index (Phi) is 6.31. The predicted octanol–water partition coefficient (Wildman–Crippen LogP) is 4.93. The fourth-order valence-corrected chi connectivity index (χ4v) is 4.35. The Morgan fingerprint density at radius 3 is 2.44 bits per heavy atom. The summed E-state index contributed by atoms with van der Waals surface area (Å²) in [6.07, 6.45) is 1.49. The van der Waals surface area contributed by atoms with E-state index in [1.165, 1.54) is 24.3 Å². The van der Waals surface area contributed by atoms with E-state index < -0.39 is 17.8 Å². The number of halogens is 2. The van der Waals surface area contributed by atoms with Gasteiger partial charge < -0.3 is 9.67 Å². The SMILES string of the molecule is Cc1cc(C=C2C(=O)NC(=S)N(c3cccc(C(=O)O)c3)C2=O)c(C)n1-c1ccc(Cl)c(Cl)c1. The molecule has 172 valence electrons. The Morgan fingerprint density at radius 1 is 1.03 bits per heavy atom. The number of aromatic nitrogens is 1. The van der Waals surface area contributed by atoms with Crippen LogP contribution in [0.25, 0.3) is 11.8 Å². The Hall–Kier alpha value is -3.46. The third kappa shape index (κ3) is 4.23. The Labute approximate surface area is 210 Å². The second kappa shape index (κ2) is 9.06. The highest BCUT2D eigenvalue weighted by Crippen LogP contribution is 2.29. The number of nitrogens with one attached hydrogen (secondary N) is 1. The standard InChI is InChI=1S/C24H17Cl2N3O4S/c1-12-8-15(13(2)28(12)17-6-7-19(25)20(26)11-17)10-18-21(30)27-24(34)29(22(18)31)16-5-3-4-14(9-16)23(32)33/h3-11H,1-2H3,(H,32,33)(H,27,30,34). The van der Waals surface area contributed by atoms with Gasteiger partial charge in [-0.1, -0.05) is 29.3 Å². The van der Waals surface area contributed by atoms with E-state index in [0.29, 0.717) is 15.6 Å². The number of aryl methyl sites for hydroxylation is 1. The lowest BCUT2D eigenvalue weighted by Gasteiger charge is -2.29. The molecule has 0 saturated carbocycles. The number of benzene rings is 2. The van der Waals surface area contributed by atoms with Gasteiger partial charge in [0.15, 0.2) is 5.11 Å². The summed E-state index contributed by atoms with van der Waals surface area (Å²) >= 11 is 17.4. The predicted molar refractivity (Wildman–Crippen MR) is 135 cm³/mol. The molecule has 34 heavy (non-hydrogen) atoms. The number of nitrogens with zero attached hydrogens (tertiary/aromatic N) is 2. The van der Waals surface area contributed by atoms with Gasteiger partial charge in [0, 0.05) is 17.1 Å². The molecule has 1 aliphatic rings. The number of amides is 2. The van der Waals surface area contributed by atoms with E-state index in [4.69, 9.17) is 35.4 Å². The highest BCUT2D eigenvalue weighted by Gasteiger charge is 2.35. The molecule has 0 aliphatic carbocycles. The van der Waals surface area contributed by atoms with Gasteiger partial charge in [0.25, 0.3) is 11.8 Å². The zero-order valence-corrected chi connectivity index (χ0v) is 20.3. The van der Waals surface area contributed by atoms with Crippen molar-refractivity contribution < 1.29 is 19.5 Å². The molecule has 0 radical (unpaired) electrons. The number of thiocarbonyl (C=S) groups is 1. The quantitative estimate of drug-likeness (QED) is 0.293. The van der Waals surface area contributed by atoms with Crippen molar-refractivity contribution in [3.8, 4) is 5.69 Å². The van der Waals surface area contributed by atoms with Crippen LogP contribution in [0.3, 0.4) is 0 Å². The molecule has 2 N–H and O–H groups in total. The van der Waals surface area contributed by atoms with Gasteiger partial charge in [-0.25, -0.2) is 4.79 Å². The van der Waals surface area contributed by atoms with Crippen LogP contribution in [0.2, 0.25) is 10.0 Å². The molecule has 2 amide bonds. The number of carbonyl (C=O) groups is 3. The Bertz CT molecular complexity index is 1430. The van der Waals surface area contributed by atoms with Crippen LogP contribution in [-0.2, 0) is 9.59 Å². The van der Waals surface area contributed by atoms with Gasteiger partial charge in [0.1, 0.15) is 5.57 Å². The monoisotopic (exact) mass is 513 g/mol. The number of carboxylic acid groups (broad SMARTS) is 1. The van der Waals surface area contributed by atoms with Gasteiger partial charge >= 0.3 is 5.97 Å². The molecular weight excluding hydrogens is 497 g/mol. The highest BCUT2D eigenvalue weighted by molar-refractivity contribution is 7.80. The van der Waals surface area contributed by atoms with E-state index in [1.807, 2.05) is 30.5 Å². The number of anilines is 1. The van der Waals surface area contributed by atoms with Crippen LogP contribution < -0.4 is 10.2 Å². The Morgan fingerprint density at radius 2 is 1.76 bits per heavy atom. The molecule has 1 aliphatic heterocycles. The molecule has 2 aromatic carbocycles. The van der Waals surface area contributed by atoms with Crippen molar-refractivity contribution in [2.75, 3.05) is 4.90 Å². The summed E-state index contributed by atoms with van der Waals surface area (Å²) < 4.78 is 1.93. The molecule has 7 nitrogen and oxygen atoms in total. The average molecular weight is 514 g/mol. The fraction of sp³-hybridized carbons (Fsp3) is 0.0833. The summed E-state index contributed by atoms with van der Waals surface area (Å²) in [5.41, 5.74) is 3.15. The third-order valence-electron chi connectivity index (χ3n) is 5.38. The van der Waals surface area contributed by atoms with Crippen molar-refractivity contribution in [2.45, 2.75) is 13.8 Å². The van der Waals surface area contributed by atoms with Crippen molar-refractivity contribution in [1.82, 2.24) is 9.88 Å². The average Bonchev–Trinajstić information content (AvgIpc) is 3.06. The second-order valence-corrected chi connectivity index (χ2v) is 8.77. The molecule has 1 saturated heterocycles. The van der Waals surface area contributed by atoms with Crippen LogP contribution in [0.1, 0.15) is 27.3 Å². The first-order chi connectivity index (χ1) is 16.1. The van der Waals surface area contributed by atoms with Gasteiger partial charge in [-0.3, -0.25) is 19.8 Å². The van der Waals surface area contributed by atoms with Crippen molar-refractivity contribution in [2.24, 2.45) is 0 Å².